The second-order valence-electron chi connectivity index (χ2n) is 11.4. The van der Waals surface area contributed by atoms with Crippen molar-refractivity contribution in [3.05, 3.63) is 54.8 Å². The van der Waals surface area contributed by atoms with Crippen LogP contribution in [0.2, 0.25) is 0 Å². The minimum atomic E-state index is -0.600. The highest BCUT2D eigenvalue weighted by Crippen LogP contribution is 2.45. The van der Waals surface area contributed by atoms with E-state index in [0.717, 1.165) is 0 Å². The van der Waals surface area contributed by atoms with Gasteiger partial charge in [0, 0.05) is 36.6 Å². The molecule has 1 aromatic carbocycles. The van der Waals surface area contributed by atoms with Crippen molar-refractivity contribution in [3.8, 4) is 0 Å². The molecule has 1 heterocycles. The van der Waals surface area contributed by atoms with Gasteiger partial charge in [-0.1, -0.05) is 40.3 Å². The number of nitrogens with zero attached hydrogens (tertiary/aromatic N) is 2. The maximum Gasteiger partial charge on any atom is 0.410 e. The number of anilines is 1. The summed E-state index contributed by atoms with van der Waals surface area (Å²) in [6.45, 7) is 20.5. The van der Waals surface area contributed by atoms with Gasteiger partial charge in [0.05, 0.1) is 0 Å². The predicted octanol–water partition coefficient (Wildman–Crippen LogP) is 5.53. The molecule has 1 fully saturated rings. The molecule has 1 N–H and O–H groups in total. The molecule has 192 valence electrons. The van der Waals surface area contributed by atoms with Crippen LogP contribution < -0.4 is 10.2 Å². The van der Waals surface area contributed by atoms with Gasteiger partial charge < -0.3 is 15.0 Å². The van der Waals surface area contributed by atoms with Gasteiger partial charge in [0.15, 0.2) is 0 Å². The molecule has 1 unspecified atom stereocenters. The van der Waals surface area contributed by atoms with E-state index in [2.05, 4.69) is 39.6 Å². The summed E-state index contributed by atoms with van der Waals surface area (Å²) in [4.78, 5) is 41.4. The lowest BCUT2D eigenvalue weighted by molar-refractivity contribution is -0.113. The molecule has 3 amide bonds. The molecule has 2 rings (SSSR count). The number of carbonyl (C=O) groups excluding carboxylic acids is 3. The molecule has 1 atom stereocenters. The van der Waals surface area contributed by atoms with E-state index in [0.29, 0.717) is 30.8 Å². The Kier molecular flexibility index (Phi) is 8.58. The van der Waals surface area contributed by atoms with Gasteiger partial charge in [-0.2, -0.15) is 0 Å². The number of allylic oxidation sites excluding steroid dienone is 1. The first-order valence-electron chi connectivity index (χ1n) is 12.1. The fraction of sp³-hybridized carbons (Fsp3) is 0.536. The third-order valence-corrected chi connectivity index (χ3v) is 6.72. The zero-order valence-corrected chi connectivity index (χ0v) is 22.5. The van der Waals surface area contributed by atoms with E-state index in [9.17, 15) is 14.4 Å². The van der Waals surface area contributed by atoms with E-state index in [-0.39, 0.29) is 34.8 Å². The average Bonchev–Trinajstić information content (AvgIpc) is 2.83. The van der Waals surface area contributed by atoms with Crippen LogP contribution in [0.5, 0.6) is 0 Å². The number of hydrogen-bond donors (Lipinski definition) is 1. The summed E-state index contributed by atoms with van der Waals surface area (Å²) in [7, 11) is 0. The monoisotopic (exact) mass is 483 g/mol. The molecule has 0 saturated carbocycles. The Morgan fingerprint density at radius 1 is 1.11 bits per heavy atom. The highest BCUT2D eigenvalue weighted by Gasteiger charge is 2.45. The molecule has 1 aromatic rings. The summed E-state index contributed by atoms with van der Waals surface area (Å²) >= 11 is 0. The highest BCUT2D eigenvalue weighted by atomic mass is 16.6. The Morgan fingerprint density at radius 2 is 1.71 bits per heavy atom. The number of nitrogens with one attached hydrogen (secondary N) is 1. The quantitative estimate of drug-likeness (QED) is 0.559. The lowest BCUT2D eigenvalue weighted by Crippen LogP contribution is -2.47. The van der Waals surface area contributed by atoms with Crippen molar-refractivity contribution >= 4 is 23.6 Å². The van der Waals surface area contributed by atoms with Crippen molar-refractivity contribution in [1.29, 1.82) is 0 Å². The van der Waals surface area contributed by atoms with Gasteiger partial charge in [0.2, 0.25) is 0 Å². The topological polar surface area (TPSA) is 79.0 Å². The van der Waals surface area contributed by atoms with E-state index < -0.39 is 5.60 Å². The standard InChI is InChI=1S/C28H41N3O4/c1-10-16-31(23(32)11-2)22-14-12-20(13-15-22)24(33)29-21-17-27(6,7)28(8,9)19-30(18-21)25(34)35-26(3,4)5/h10-16,21H,2,17-19H2,1,3-9H3,(H,29,33)/b16-10-. The number of ether oxygens (including phenoxy) is 1. The van der Waals surface area contributed by atoms with Gasteiger partial charge in [0.1, 0.15) is 5.60 Å². The third-order valence-electron chi connectivity index (χ3n) is 6.72. The smallest absolute Gasteiger partial charge is 0.410 e. The number of amides is 3. The second-order valence-corrected chi connectivity index (χ2v) is 11.4. The largest absolute Gasteiger partial charge is 0.444 e. The SMILES string of the molecule is C=CC(=O)N(/C=C\C)c1ccc(C(=O)NC2CN(C(=O)OC(C)(C)C)CC(C)(C)C(C)(C)C2)cc1. The van der Waals surface area contributed by atoms with Gasteiger partial charge >= 0.3 is 6.09 Å². The van der Waals surface area contributed by atoms with Crippen LogP contribution in [0.4, 0.5) is 10.5 Å². The van der Waals surface area contributed by atoms with Crippen molar-refractivity contribution in [1.82, 2.24) is 10.2 Å². The minimum absolute atomic E-state index is 0.135. The van der Waals surface area contributed by atoms with Crippen molar-refractivity contribution in [2.45, 2.75) is 73.5 Å². The van der Waals surface area contributed by atoms with Crippen LogP contribution in [0.25, 0.3) is 0 Å². The number of likely N-dealkylation sites (tertiary alicyclic amines) is 1. The van der Waals surface area contributed by atoms with Crippen LogP contribution in [0.15, 0.2) is 49.2 Å². The number of rotatable bonds is 5. The lowest BCUT2D eigenvalue weighted by Gasteiger charge is -2.42. The van der Waals surface area contributed by atoms with Gasteiger partial charge in [-0.25, -0.2) is 4.79 Å². The summed E-state index contributed by atoms with van der Waals surface area (Å²) in [5.41, 5.74) is 0.198. The Hall–Kier alpha value is -3.09. The zero-order valence-electron chi connectivity index (χ0n) is 22.5. The van der Waals surface area contributed by atoms with Crippen LogP contribution in [0, 0.1) is 10.8 Å². The van der Waals surface area contributed by atoms with Crippen LogP contribution in [-0.4, -0.2) is 47.5 Å². The third kappa shape index (κ3) is 7.20. The lowest BCUT2D eigenvalue weighted by atomic mass is 9.65. The fourth-order valence-corrected chi connectivity index (χ4v) is 4.12. The van der Waals surface area contributed by atoms with Gasteiger partial charge in [-0.3, -0.25) is 14.5 Å². The van der Waals surface area contributed by atoms with Crippen LogP contribution in [0.1, 0.15) is 72.2 Å². The Labute approximate surface area is 210 Å². The summed E-state index contributed by atoms with van der Waals surface area (Å²) in [5.74, 6) is -0.486. The molecule has 7 heteroatoms. The van der Waals surface area contributed by atoms with Crippen LogP contribution in [0.3, 0.4) is 0 Å². The van der Waals surface area contributed by atoms with Gasteiger partial charge in [-0.15, -0.1) is 0 Å². The predicted molar refractivity (Wildman–Crippen MR) is 140 cm³/mol. The molecule has 0 aliphatic carbocycles. The highest BCUT2D eigenvalue weighted by molar-refractivity contribution is 6.03. The first-order valence-corrected chi connectivity index (χ1v) is 12.1. The van der Waals surface area contributed by atoms with E-state index in [1.54, 1.807) is 41.4 Å². The molecule has 0 radical (unpaired) electrons. The minimum Gasteiger partial charge on any atom is -0.444 e. The molecular formula is C28H41N3O4. The number of hydrogen-bond acceptors (Lipinski definition) is 4. The van der Waals surface area contributed by atoms with Crippen molar-refractivity contribution in [2.75, 3.05) is 18.0 Å². The normalized spacial score (nSPS) is 19.5. The molecule has 0 aromatic heterocycles. The molecule has 0 spiro atoms. The molecule has 0 bridgehead atoms. The molecule has 1 saturated heterocycles. The molecule has 35 heavy (non-hydrogen) atoms. The van der Waals surface area contributed by atoms with E-state index in [1.807, 2.05) is 27.7 Å². The fourth-order valence-electron chi connectivity index (χ4n) is 4.12. The summed E-state index contributed by atoms with van der Waals surface area (Å²) < 4.78 is 5.65. The first-order chi connectivity index (χ1) is 16.1. The van der Waals surface area contributed by atoms with Gasteiger partial charge in [0.25, 0.3) is 11.8 Å². The zero-order chi connectivity index (χ0) is 26.6. The molecule has 1 aliphatic rings. The summed E-state index contributed by atoms with van der Waals surface area (Å²) in [5, 5.41) is 3.12. The maximum atomic E-state index is 13.1. The van der Waals surface area contributed by atoms with E-state index in [4.69, 9.17) is 4.74 Å². The van der Waals surface area contributed by atoms with Crippen molar-refractivity contribution in [3.63, 3.8) is 0 Å². The number of carbonyl (C=O) groups is 3. The number of benzene rings is 1. The van der Waals surface area contributed by atoms with E-state index in [1.165, 1.54) is 11.0 Å². The average molecular weight is 484 g/mol. The van der Waals surface area contributed by atoms with Crippen molar-refractivity contribution in [2.24, 2.45) is 10.8 Å². The van der Waals surface area contributed by atoms with Crippen molar-refractivity contribution < 1.29 is 19.1 Å². The molecule has 7 nitrogen and oxygen atoms in total. The first kappa shape index (κ1) is 28.1. The summed E-state index contributed by atoms with van der Waals surface area (Å²) in [6.07, 6.45) is 4.99. The van der Waals surface area contributed by atoms with Gasteiger partial charge in [-0.05, 0) is 75.3 Å². The van der Waals surface area contributed by atoms with Crippen LogP contribution in [-0.2, 0) is 9.53 Å². The molecular weight excluding hydrogens is 442 g/mol. The Bertz CT molecular complexity index is 971. The van der Waals surface area contributed by atoms with Crippen LogP contribution >= 0.6 is 0 Å². The molecule has 1 aliphatic heterocycles. The Morgan fingerprint density at radius 3 is 2.23 bits per heavy atom. The maximum absolute atomic E-state index is 13.1. The Balaban J connectivity index is 2.24. The summed E-state index contributed by atoms with van der Waals surface area (Å²) in [6, 6.07) is 6.59. The second kappa shape index (κ2) is 10.7. The van der Waals surface area contributed by atoms with E-state index >= 15 is 0 Å².